The minimum absolute atomic E-state index is 0.0273. The van der Waals surface area contributed by atoms with Crippen molar-refractivity contribution >= 4 is 5.69 Å². The molecule has 2 aromatic rings. The summed E-state index contributed by atoms with van der Waals surface area (Å²) in [4.78, 5) is 0. The molecule has 3 nitrogen and oxygen atoms in total. The van der Waals surface area contributed by atoms with E-state index in [9.17, 15) is 5.11 Å². The minimum atomic E-state index is -0.0273. The summed E-state index contributed by atoms with van der Waals surface area (Å²) in [5, 5.41) is 9.47. The van der Waals surface area contributed by atoms with E-state index in [4.69, 9.17) is 10.5 Å². The summed E-state index contributed by atoms with van der Waals surface area (Å²) in [6, 6.07) is 15.3. The van der Waals surface area contributed by atoms with Gasteiger partial charge in [-0.25, -0.2) is 0 Å². The van der Waals surface area contributed by atoms with Crippen LogP contribution in [0.3, 0.4) is 0 Å². The number of hydrogen-bond acceptors (Lipinski definition) is 3. The molecule has 3 N–H and O–H groups in total. The van der Waals surface area contributed by atoms with Crippen molar-refractivity contribution in [3.05, 3.63) is 54.1 Å². The van der Waals surface area contributed by atoms with Crippen molar-refractivity contribution in [3.63, 3.8) is 0 Å². The zero-order chi connectivity index (χ0) is 13.3. The largest absolute Gasteiger partial charge is 0.457 e. The van der Waals surface area contributed by atoms with Gasteiger partial charge in [0.2, 0.25) is 0 Å². The third kappa shape index (κ3) is 2.42. The van der Waals surface area contributed by atoms with E-state index < -0.39 is 0 Å². The SMILES string of the molecule is Nc1ccc(Oc2cccc(C3(CO)CC3)c2)cc1. The average Bonchev–Trinajstić information content (AvgIpc) is 3.23. The molecule has 0 radical (unpaired) electrons. The molecule has 0 amide bonds. The lowest BCUT2D eigenvalue weighted by molar-refractivity contribution is 0.255. The van der Waals surface area contributed by atoms with Gasteiger partial charge in [0.25, 0.3) is 0 Å². The molecule has 3 heteroatoms. The summed E-state index contributed by atoms with van der Waals surface area (Å²) in [6.07, 6.45) is 2.10. The number of aliphatic hydroxyl groups is 1. The molecule has 98 valence electrons. The van der Waals surface area contributed by atoms with Crippen molar-refractivity contribution in [1.29, 1.82) is 0 Å². The molecule has 0 aromatic heterocycles. The van der Waals surface area contributed by atoms with Crippen molar-refractivity contribution in [1.82, 2.24) is 0 Å². The second-order valence-electron chi connectivity index (χ2n) is 5.14. The molecular formula is C16H17NO2. The standard InChI is InChI=1S/C16H17NO2/c17-13-4-6-14(7-5-13)19-15-3-1-2-12(10-15)16(11-18)8-9-16/h1-7,10,18H,8-9,11,17H2. The predicted octanol–water partition coefficient (Wildman–Crippen LogP) is 3.09. The molecule has 0 bridgehead atoms. The fraction of sp³-hybridized carbons (Fsp3) is 0.250. The van der Waals surface area contributed by atoms with Crippen LogP contribution in [0.5, 0.6) is 11.5 Å². The van der Waals surface area contributed by atoms with Crippen LogP contribution in [-0.2, 0) is 5.41 Å². The van der Waals surface area contributed by atoms with Gasteiger partial charge in [0.15, 0.2) is 0 Å². The summed E-state index contributed by atoms with van der Waals surface area (Å²) in [6.45, 7) is 0.207. The fourth-order valence-corrected chi connectivity index (χ4v) is 2.25. The highest BCUT2D eigenvalue weighted by Crippen LogP contribution is 2.48. The monoisotopic (exact) mass is 255 g/mol. The first-order chi connectivity index (χ1) is 9.22. The number of ether oxygens (including phenoxy) is 1. The van der Waals surface area contributed by atoms with E-state index >= 15 is 0 Å². The summed E-state index contributed by atoms with van der Waals surface area (Å²) in [5.74, 6) is 1.56. The van der Waals surface area contributed by atoms with Gasteiger partial charge in [-0.15, -0.1) is 0 Å². The van der Waals surface area contributed by atoms with E-state index in [1.165, 1.54) is 0 Å². The number of hydrogen-bond donors (Lipinski definition) is 2. The van der Waals surface area contributed by atoms with Gasteiger partial charge in [0.1, 0.15) is 11.5 Å². The first kappa shape index (κ1) is 12.1. The average molecular weight is 255 g/mol. The quantitative estimate of drug-likeness (QED) is 0.825. The molecule has 0 aliphatic heterocycles. The van der Waals surface area contributed by atoms with Gasteiger partial charge in [0, 0.05) is 11.1 Å². The summed E-state index contributed by atoms with van der Waals surface area (Å²) in [5.41, 5.74) is 7.49. The molecule has 19 heavy (non-hydrogen) atoms. The molecule has 3 rings (SSSR count). The van der Waals surface area contributed by atoms with Crippen LogP contribution in [0, 0.1) is 0 Å². The van der Waals surface area contributed by atoms with E-state index in [1.54, 1.807) is 0 Å². The van der Waals surface area contributed by atoms with Crippen molar-refractivity contribution in [2.75, 3.05) is 12.3 Å². The molecule has 1 aliphatic carbocycles. The lowest BCUT2D eigenvalue weighted by atomic mass is 9.97. The van der Waals surface area contributed by atoms with Crippen molar-refractivity contribution in [2.24, 2.45) is 0 Å². The molecule has 0 saturated heterocycles. The van der Waals surface area contributed by atoms with E-state index in [2.05, 4.69) is 6.07 Å². The molecule has 0 unspecified atom stereocenters. The number of benzene rings is 2. The smallest absolute Gasteiger partial charge is 0.127 e. The maximum atomic E-state index is 9.47. The Labute approximate surface area is 112 Å². The molecular weight excluding hydrogens is 238 g/mol. The van der Waals surface area contributed by atoms with Gasteiger partial charge in [-0.2, -0.15) is 0 Å². The van der Waals surface area contributed by atoms with Gasteiger partial charge in [-0.1, -0.05) is 12.1 Å². The van der Waals surface area contributed by atoms with Crippen LogP contribution >= 0.6 is 0 Å². The van der Waals surface area contributed by atoms with Gasteiger partial charge in [-0.3, -0.25) is 0 Å². The number of rotatable bonds is 4. The maximum absolute atomic E-state index is 9.47. The normalized spacial score (nSPS) is 16.1. The molecule has 1 saturated carbocycles. The Kier molecular flexibility index (Phi) is 2.91. The summed E-state index contributed by atoms with van der Waals surface area (Å²) >= 11 is 0. The number of aliphatic hydroxyl groups excluding tert-OH is 1. The molecule has 0 heterocycles. The zero-order valence-electron chi connectivity index (χ0n) is 10.7. The second-order valence-corrected chi connectivity index (χ2v) is 5.14. The Morgan fingerprint density at radius 2 is 1.79 bits per heavy atom. The molecule has 2 aromatic carbocycles. The molecule has 0 spiro atoms. The number of nitrogens with two attached hydrogens (primary N) is 1. The van der Waals surface area contributed by atoms with Crippen LogP contribution in [0.2, 0.25) is 0 Å². The van der Waals surface area contributed by atoms with Crippen LogP contribution in [0.15, 0.2) is 48.5 Å². The highest BCUT2D eigenvalue weighted by atomic mass is 16.5. The second kappa shape index (κ2) is 4.59. The van der Waals surface area contributed by atoms with Gasteiger partial charge in [0.05, 0.1) is 6.61 Å². The molecule has 1 fully saturated rings. The Balaban J connectivity index is 1.82. The third-order valence-electron chi connectivity index (χ3n) is 3.72. The Bertz CT molecular complexity index is 574. The predicted molar refractivity (Wildman–Crippen MR) is 75.4 cm³/mol. The first-order valence-corrected chi connectivity index (χ1v) is 6.47. The van der Waals surface area contributed by atoms with Crippen LogP contribution in [0.25, 0.3) is 0 Å². The Morgan fingerprint density at radius 1 is 1.05 bits per heavy atom. The Morgan fingerprint density at radius 3 is 2.42 bits per heavy atom. The van der Waals surface area contributed by atoms with Crippen LogP contribution in [0.4, 0.5) is 5.69 Å². The highest BCUT2D eigenvalue weighted by Gasteiger charge is 2.43. The number of nitrogen functional groups attached to an aromatic ring is 1. The topological polar surface area (TPSA) is 55.5 Å². The van der Waals surface area contributed by atoms with Crippen LogP contribution in [-0.4, -0.2) is 11.7 Å². The first-order valence-electron chi connectivity index (χ1n) is 6.47. The van der Waals surface area contributed by atoms with Gasteiger partial charge in [-0.05, 0) is 54.8 Å². The molecule has 0 atom stereocenters. The van der Waals surface area contributed by atoms with E-state index in [0.717, 1.165) is 35.6 Å². The molecule has 1 aliphatic rings. The summed E-state index contributed by atoms with van der Waals surface area (Å²) < 4.78 is 5.80. The van der Waals surface area contributed by atoms with Crippen molar-refractivity contribution < 1.29 is 9.84 Å². The summed E-state index contributed by atoms with van der Waals surface area (Å²) in [7, 11) is 0. The third-order valence-corrected chi connectivity index (χ3v) is 3.72. The van der Waals surface area contributed by atoms with Crippen molar-refractivity contribution in [3.8, 4) is 11.5 Å². The van der Waals surface area contributed by atoms with Crippen molar-refractivity contribution in [2.45, 2.75) is 18.3 Å². The van der Waals surface area contributed by atoms with E-state index in [1.807, 2.05) is 42.5 Å². The number of anilines is 1. The van der Waals surface area contributed by atoms with E-state index in [-0.39, 0.29) is 12.0 Å². The maximum Gasteiger partial charge on any atom is 0.127 e. The minimum Gasteiger partial charge on any atom is -0.457 e. The lowest BCUT2D eigenvalue weighted by Crippen LogP contribution is -2.11. The lowest BCUT2D eigenvalue weighted by Gasteiger charge is -2.14. The van der Waals surface area contributed by atoms with Gasteiger partial charge >= 0.3 is 0 Å². The van der Waals surface area contributed by atoms with Gasteiger partial charge < -0.3 is 15.6 Å². The highest BCUT2D eigenvalue weighted by molar-refractivity contribution is 5.44. The van der Waals surface area contributed by atoms with Crippen LogP contribution in [0.1, 0.15) is 18.4 Å². The zero-order valence-corrected chi connectivity index (χ0v) is 10.7. The Hall–Kier alpha value is -2.00. The van der Waals surface area contributed by atoms with E-state index in [0.29, 0.717) is 0 Å². The fourth-order valence-electron chi connectivity index (χ4n) is 2.25. The van der Waals surface area contributed by atoms with Crippen LogP contribution < -0.4 is 10.5 Å².